The van der Waals surface area contributed by atoms with Crippen molar-refractivity contribution in [2.75, 3.05) is 32.2 Å². The molecular formula is C13H16F2N2O3S. The topological polar surface area (TPSA) is 59.6 Å². The molecule has 0 saturated carbocycles. The molecule has 1 aromatic carbocycles. The van der Waals surface area contributed by atoms with Gasteiger partial charge in [0.25, 0.3) is 5.91 Å². The number of carbonyl (C=O) groups is 1. The monoisotopic (exact) mass is 318 g/mol. The Morgan fingerprint density at radius 2 is 2.00 bits per heavy atom. The van der Waals surface area contributed by atoms with E-state index >= 15 is 0 Å². The molecule has 1 fully saturated rings. The van der Waals surface area contributed by atoms with Crippen LogP contribution in [0.15, 0.2) is 17.0 Å². The van der Waals surface area contributed by atoms with Crippen LogP contribution in [-0.4, -0.2) is 38.4 Å². The van der Waals surface area contributed by atoms with E-state index in [0.29, 0.717) is 13.2 Å². The lowest BCUT2D eigenvalue weighted by Crippen LogP contribution is -2.51. The van der Waals surface area contributed by atoms with Crippen molar-refractivity contribution in [1.29, 1.82) is 0 Å². The summed E-state index contributed by atoms with van der Waals surface area (Å²) in [5.74, 6) is -1.86. The first-order chi connectivity index (χ1) is 9.96. The van der Waals surface area contributed by atoms with E-state index in [2.05, 4.69) is 10.0 Å². The molecule has 1 aromatic rings. The highest BCUT2D eigenvalue weighted by atomic mass is 32.2. The molecule has 116 valence electrons. The summed E-state index contributed by atoms with van der Waals surface area (Å²) in [6, 6.07) is 2.28. The predicted molar refractivity (Wildman–Crippen MR) is 75.1 cm³/mol. The van der Waals surface area contributed by atoms with E-state index in [9.17, 15) is 13.6 Å². The Balaban J connectivity index is 2.01. The fourth-order valence-electron chi connectivity index (χ4n) is 1.83. The van der Waals surface area contributed by atoms with Crippen LogP contribution in [0.25, 0.3) is 0 Å². The molecule has 1 unspecified atom stereocenters. The molecule has 0 radical (unpaired) electrons. The summed E-state index contributed by atoms with van der Waals surface area (Å²) in [5, 5.41) is 2.43. The number of amides is 1. The third-order valence-electron chi connectivity index (χ3n) is 3.03. The fourth-order valence-corrected chi connectivity index (χ4v) is 2.58. The van der Waals surface area contributed by atoms with Crippen LogP contribution in [0.1, 0.15) is 6.92 Å². The second kappa shape index (κ2) is 6.59. The van der Waals surface area contributed by atoms with Crippen molar-refractivity contribution in [1.82, 2.24) is 4.72 Å². The Morgan fingerprint density at radius 3 is 2.52 bits per heavy atom. The Morgan fingerprint density at radius 1 is 1.33 bits per heavy atom. The van der Waals surface area contributed by atoms with E-state index in [0.717, 1.165) is 24.1 Å². The van der Waals surface area contributed by atoms with Crippen molar-refractivity contribution in [2.24, 2.45) is 0 Å². The summed E-state index contributed by atoms with van der Waals surface area (Å²) >= 11 is 0.825. The predicted octanol–water partition coefficient (Wildman–Crippen LogP) is 1.94. The molecule has 2 rings (SSSR count). The number of halogens is 2. The first-order valence-electron chi connectivity index (χ1n) is 6.32. The number of hydrogen-bond donors (Lipinski definition) is 2. The zero-order valence-electron chi connectivity index (χ0n) is 11.7. The van der Waals surface area contributed by atoms with Crippen molar-refractivity contribution in [3.8, 4) is 0 Å². The number of nitrogens with one attached hydrogen (secondary N) is 2. The summed E-state index contributed by atoms with van der Waals surface area (Å²) in [4.78, 5) is 12.3. The highest BCUT2D eigenvalue weighted by Crippen LogP contribution is 2.26. The number of rotatable bonds is 4. The van der Waals surface area contributed by atoms with Gasteiger partial charge in [-0.15, -0.1) is 0 Å². The fraction of sp³-hybridized carbons (Fsp3) is 0.462. The van der Waals surface area contributed by atoms with Gasteiger partial charge in [0.1, 0.15) is 17.3 Å². The van der Waals surface area contributed by atoms with Crippen LogP contribution in [0.2, 0.25) is 0 Å². The van der Waals surface area contributed by atoms with Crippen LogP contribution in [0.3, 0.4) is 0 Å². The zero-order valence-corrected chi connectivity index (χ0v) is 12.5. The molecule has 5 nitrogen and oxygen atoms in total. The second-order valence-corrected chi connectivity index (χ2v) is 5.56. The minimum atomic E-state index is -1.09. The van der Waals surface area contributed by atoms with Gasteiger partial charge < -0.3 is 14.8 Å². The third kappa shape index (κ3) is 3.63. The number of carbonyl (C=O) groups excluding carboxylic acids is 1. The molecule has 0 aromatic heterocycles. The molecule has 1 aliphatic heterocycles. The Kier molecular flexibility index (Phi) is 5.02. The van der Waals surface area contributed by atoms with E-state index in [-0.39, 0.29) is 17.2 Å². The average molecular weight is 318 g/mol. The molecule has 1 heterocycles. The van der Waals surface area contributed by atoms with Crippen molar-refractivity contribution >= 4 is 23.5 Å². The largest absolute Gasteiger partial charge is 0.383 e. The SMILES string of the molecule is CNc1c(F)cc(SNC(=O)C2(C)COCCO2)cc1F. The second-order valence-electron chi connectivity index (χ2n) is 4.68. The van der Waals surface area contributed by atoms with Crippen LogP contribution in [0.4, 0.5) is 14.5 Å². The summed E-state index contributed by atoms with van der Waals surface area (Å²) in [6.45, 7) is 2.51. The molecule has 8 heteroatoms. The van der Waals surface area contributed by atoms with Crippen molar-refractivity contribution in [3.63, 3.8) is 0 Å². The van der Waals surface area contributed by atoms with Crippen molar-refractivity contribution < 1.29 is 23.0 Å². The molecule has 2 N–H and O–H groups in total. The smallest absolute Gasteiger partial charge is 0.264 e. The maximum absolute atomic E-state index is 13.6. The molecule has 1 saturated heterocycles. The summed E-state index contributed by atoms with van der Waals surface area (Å²) in [6.07, 6.45) is 0. The Labute approximate surface area is 125 Å². The molecular weight excluding hydrogens is 302 g/mol. The first-order valence-corrected chi connectivity index (χ1v) is 7.14. The minimum absolute atomic E-state index is 0.140. The van der Waals surface area contributed by atoms with Gasteiger partial charge in [0.15, 0.2) is 5.60 Å². The van der Waals surface area contributed by atoms with E-state index in [1.165, 1.54) is 7.05 Å². The van der Waals surface area contributed by atoms with E-state index in [1.807, 2.05) is 0 Å². The lowest BCUT2D eigenvalue weighted by molar-refractivity contribution is -0.171. The average Bonchev–Trinajstić information content (AvgIpc) is 2.45. The Bertz CT molecular complexity index is 513. The summed E-state index contributed by atoms with van der Waals surface area (Å²) in [7, 11) is 1.43. The van der Waals surface area contributed by atoms with Crippen LogP contribution in [0, 0.1) is 11.6 Å². The van der Waals surface area contributed by atoms with Crippen LogP contribution < -0.4 is 10.0 Å². The van der Waals surface area contributed by atoms with Gasteiger partial charge in [0.05, 0.1) is 19.8 Å². The molecule has 1 amide bonds. The lowest BCUT2D eigenvalue weighted by atomic mass is 10.1. The van der Waals surface area contributed by atoms with Gasteiger partial charge in [-0.3, -0.25) is 9.52 Å². The maximum atomic E-state index is 13.6. The molecule has 1 aliphatic rings. The molecule has 0 bridgehead atoms. The quantitative estimate of drug-likeness (QED) is 0.831. The standard InChI is InChI=1S/C13H16F2N2O3S/c1-13(7-19-3-4-20-13)12(18)17-21-8-5-9(14)11(16-2)10(15)6-8/h5-6,16H,3-4,7H2,1-2H3,(H,17,18). The van der Waals surface area contributed by atoms with Crippen molar-refractivity contribution in [2.45, 2.75) is 17.4 Å². The van der Waals surface area contributed by atoms with Gasteiger partial charge in [-0.05, 0) is 31.0 Å². The zero-order chi connectivity index (χ0) is 15.5. The molecule has 0 aliphatic carbocycles. The van der Waals surface area contributed by atoms with Crippen LogP contribution >= 0.6 is 11.9 Å². The number of hydrogen-bond acceptors (Lipinski definition) is 5. The highest BCUT2D eigenvalue weighted by molar-refractivity contribution is 7.98. The van der Waals surface area contributed by atoms with Crippen LogP contribution in [0.5, 0.6) is 0 Å². The number of anilines is 1. The normalized spacial score (nSPS) is 21.9. The lowest BCUT2D eigenvalue weighted by Gasteiger charge is -2.31. The van der Waals surface area contributed by atoms with E-state index in [4.69, 9.17) is 9.47 Å². The summed E-state index contributed by atoms with van der Waals surface area (Å²) in [5.41, 5.74) is -1.30. The first kappa shape index (κ1) is 16.0. The van der Waals surface area contributed by atoms with E-state index in [1.54, 1.807) is 6.92 Å². The van der Waals surface area contributed by atoms with Gasteiger partial charge in [0.2, 0.25) is 0 Å². The van der Waals surface area contributed by atoms with Gasteiger partial charge in [-0.2, -0.15) is 0 Å². The molecule has 0 spiro atoms. The van der Waals surface area contributed by atoms with Gasteiger partial charge in [-0.1, -0.05) is 0 Å². The Hall–Kier alpha value is -1.38. The minimum Gasteiger partial charge on any atom is -0.383 e. The van der Waals surface area contributed by atoms with Gasteiger partial charge >= 0.3 is 0 Å². The van der Waals surface area contributed by atoms with Gasteiger partial charge in [-0.25, -0.2) is 8.78 Å². The molecule has 1 atom stereocenters. The maximum Gasteiger partial charge on any atom is 0.264 e. The number of ether oxygens (including phenoxy) is 2. The number of benzene rings is 1. The summed E-state index contributed by atoms with van der Waals surface area (Å²) < 4.78 is 40.3. The van der Waals surface area contributed by atoms with Crippen LogP contribution in [-0.2, 0) is 14.3 Å². The van der Waals surface area contributed by atoms with Crippen molar-refractivity contribution in [3.05, 3.63) is 23.8 Å². The third-order valence-corrected chi connectivity index (χ3v) is 3.79. The molecule has 21 heavy (non-hydrogen) atoms. The highest BCUT2D eigenvalue weighted by Gasteiger charge is 2.37. The van der Waals surface area contributed by atoms with Gasteiger partial charge in [0, 0.05) is 11.9 Å². The van der Waals surface area contributed by atoms with E-state index < -0.39 is 23.1 Å².